The third-order valence-electron chi connectivity index (χ3n) is 8.42. The maximum absolute atomic E-state index is 13.9. The van der Waals surface area contributed by atoms with Gasteiger partial charge in [-0.1, -0.05) is 61.3 Å². The monoisotopic (exact) mass is 646 g/mol. The third-order valence-corrected chi connectivity index (χ3v) is 8.66. The van der Waals surface area contributed by atoms with Gasteiger partial charge in [0.05, 0.1) is 47.9 Å². The molecule has 11 heteroatoms. The lowest BCUT2D eigenvalue weighted by molar-refractivity contribution is -0.123. The van der Waals surface area contributed by atoms with Gasteiger partial charge in [0.2, 0.25) is 5.91 Å². The van der Waals surface area contributed by atoms with Crippen molar-refractivity contribution in [3.8, 4) is 22.4 Å². The first kappa shape index (κ1) is 31.6. The average Bonchev–Trinajstić information content (AvgIpc) is 3.54. The molecule has 10 nitrogen and oxygen atoms in total. The molecule has 0 saturated carbocycles. The normalized spacial score (nSPS) is 18.8. The van der Waals surface area contributed by atoms with Gasteiger partial charge in [-0.2, -0.15) is 5.10 Å². The molecular formula is C36H35ClN8O2. The molecule has 0 aliphatic carbocycles. The zero-order valence-electron chi connectivity index (χ0n) is 26.2. The smallest absolute Gasteiger partial charge is 0.254 e. The molecule has 0 radical (unpaired) electrons. The summed E-state index contributed by atoms with van der Waals surface area (Å²) in [6.07, 6.45) is 10.3. The second-order valence-electron chi connectivity index (χ2n) is 11.6. The summed E-state index contributed by atoms with van der Waals surface area (Å²) in [4.78, 5) is 40.7. The number of hydrogen-bond acceptors (Lipinski definition) is 7. The van der Waals surface area contributed by atoms with E-state index in [1.807, 2.05) is 60.3 Å². The van der Waals surface area contributed by atoms with Crippen molar-refractivity contribution in [2.24, 2.45) is 16.6 Å². The molecule has 0 fully saturated rings. The Morgan fingerprint density at radius 1 is 1.02 bits per heavy atom. The first-order chi connectivity index (χ1) is 22.8. The zero-order chi connectivity index (χ0) is 32.9. The fourth-order valence-electron chi connectivity index (χ4n) is 5.93. The number of nitrogens with two attached hydrogens (primary N) is 1. The van der Waals surface area contributed by atoms with Crippen LogP contribution in [0, 0.1) is 5.92 Å². The number of halogens is 1. The highest BCUT2D eigenvalue weighted by molar-refractivity contribution is 6.31. The van der Waals surface area contributed by atoms with Gasteiger partial charge in [-0.25, -0.2) is 4.98 Å². The first-order valence-electron chi connectivity index (χ1n) is 15.5. The first-order valence-corrected chi connectivity index (χ1v) is 15.8. The lowest BCUT2D eigenvalue weighted by Gasteiger charge is -2.23. The Hall–Kier alpha value is -5.35. The van der Waals surface area contributed by atoms with Gasteiger partial charge in [0.1, 0.15) is 0 Å². The molecule has 238 valence electrons. The van der Waals surface area contributed by atoms with Gasteiger partial charge in [-0.05, 0) is 48.2 Å². The van der Waals surface area contributed by atoms with Crippen LogP contribution in [-0.4, -0.2) is 43.0 Å². The molecular weight excluding hydrogens is 612 g/mol. The second-order valence-corrected chi connectivity index (χ2v) is 12.0. The Morgan fingerprint density at radius 2 is 1.85 bits per heavy atom. The highest BCUT2D eigenvalue weighted by Crippen LogP contribution is 2.33. The summed E-state index contributed by atoms with van der Waals surface area (Å²) in [7, 11) is 1.64. The van der Waals surface area contributed by atoms with Gasteiger partial charge in [0, 0.05) is 59.3 Å². The number of aliphatic imine (C=N–C) groups is 1. The molecule has 1 amide bonds. The number of amides is 1. The fourth-order valence-corrected chi connectivity index (χ4v) is 6.10. The van der Waals surface area contributed by atoms with E-state index in [0.717, 1.165) is 27.8 Å². The molecule has 0 saturated heterocycles. The zero-order valence-corrected chi connectivity index (χ0v) is 26.9. The Bertz CT molecular complexity index is 2030. The predicted molar refractivity (Wildman–Crippen MR) is 184 cm³/mol. The summed E-state index contributed by atoms with van der Waals surface area (Å²) in [5.41, 5.74) is 12.1. The van der Waals surface area contributed by atoms with Crippen LogP contribution in [-0.2, 0) is 11.3 Å². The molecule has 2 unspecified atom stereocenters. The minimum Gasteiger partial charge on any atom is -0.403 e. The number of hydrogen-bond donors (Lipinski definition) is 2. The topological polar surface area (TPSA) is 133 Å². The molecule has 1 aliphatic heterocycles. The van der Waals surface area contributed by atoms with E-state index in [4.69, 9.17) is 22.3 Å². The van der Waals surface area contributed by atoms with Gasteiger partial charge in [-0.3, -0.25) is 28.8 Å². The van der Waals surface area contributed by atoms with Gasteiger partial charge >= 0.3 is 0 Å². The van der Waals surface area contributed by atoms with Crippen LogP contribution in [0.1, 0.15) is 49.0 Å². The molecule has 5 aromatic rings. The number of carbonyl (C=O) groups is 1. The SMILES string of the molecule is CN=C1C(=CN)NC(=O)C(C)CCCC(n2cnc(-c3cc(Cl)ccc3-c3cnn(Cc4ccccc4)c3)cc2=O)c2cc1ccn2. The van der Waals surface area contributed by atoms with Crippen molar-refractivity contribution in [2.75, 3.05) is 7.05 Å². The average molecular weight is 647 g/mol. The minimum atomic E-state index is -0.419. The summed E-state index contributed by atoms with van der Waals surface area (Å²) in [5.74, 6) is -0.412. The van der Waals surface area contributed by atoms with Crippen LogP contribution in [0.2, 0.25) is 5.02 Å². The Labute approximate surface area is 277 Å². The predicted octanol–water partition coefficient (Wildman–Crippen LogP) is 5.62. The van der Waals surface area contributed by atoms with Crippen molar-refractivity contribution in [1.29, 1.82) is 0 Å². The van der Waals surface area contributed by atoms with Crippen molar-refractivity contribution < 1.29 is 4.79 Å². The van der Waals surface area contributed by atoms with Gasteiger partial charge in [0.15, 0.2) is 0 Å². The summed E-state index contributed by atoms with van der Waals surface area (Å²) in [6.45, 7) is 2.51. The van der Waals surface area contributed by atoms with E-state index in [2.05, 4.69) is 32.5 Å². The molecule has 4 heterocycles. The van der Waals surface area contributed by atoms with Crippen molar-refractivity contribution in [3.63, 3.8) is 0 Å². The molecule has 2 atom stereocenters. The molecule has 47 heavy (non-hydrogen) atoms. The van der Waals surface area contributed by atoms with Crippen molar-refractivity contribution >= 4 is 23.2 Å². The number of pyridine rings is 1. The molecule has 3 aromatic heterocycles. The van der Waals surface area contributed by atoms with E-state index in [-0.39, 0.29) is 17.4 Å². The fraction of sp³-hybridized carbons (Fsp3) is 0.222. The second kappa shape index (κ2) is 14.0. The van der Waals surface area contributed by atoms with Gasteiger partial charge in [0.25, 0.3) is 5.56 Å². The Kier molecular flexibility index (Phi) is 9.40. The third kappa shape index (κ3) is 6.92. The number of carbonyl (C=O) groups excluding carboxylic acids is 1. The van der Waals surface area contributed by atoms with Gasteiger partial charge < -0.3 is 11.1 Å². The van der Waals surface area contributed by atoms with Crippen LogP contribution in [0.25, 0.3) is 22.4 Å². The molecule has 1 aliphatic rings. The minimum absolute atomic E-state index is 0.139. The number of rotatable bonds is 5. The summed E-state index contributed by atoms with van der Waals surface area (Å²) < 4.78 is 3.49. The van der Waals surface area contributed by atoms with E-state index < -0.39 is 6.04 Å². The molecule has 2 aromatic carbocycles. The van der Waals surface area contributed by atoms with Crippen molar-refractivity contribution in [3.05, 3.63) is 136 Å². The van der Waals surface area contributed by atoms with E-state index in [1.54, 1.807) is 36.4 Å². The molecule has 0 spiro atoms. The quantitative estimate of drug-likeness (QED) is 0.255. The molecule has 6 rings (SSSR count). The summed E-state index contributed by atoms with van der Waals surface area (Å²) in [6, 6.07) is 20.5. The van der Waals surface area contributed by atoms with Crippen LogP contribution in [0.3, 0.4) is 0 Å². The highest BCUT2D eigenvalue weighted by Gasteiger charge is 2.24. The van der Waals surface area contributed by atoms with Gasteiger partial charge in [-0.15, -0.1) is 0 Å². The number of fused-ring (bicyclic) bond motifs is 2. The van der Waals surface area contributed by atoms with Crippen molar-refractivity contribution in [2.45, 2.75) is 38.8 Å². The van der Waals surface area contributed by atoms with Crippen LogP contribution in [0.15, 0.2) is 113 Å². The Morgan fingerprint density at radius 3 is 2.62 bits per heavy atom. The largest absolute Gasteiger partial charge is 0.403 e. The maximum atomic E-state index is 13.9. The van der Waals surface area contributed by atoms with Crippen LogP contribution < -0.4 is 16.6 Å². The lowest BCUT2D eigenvalue weighted by Crippen LogP contribution is -2.33. The standard InChI is InChI=1S/C36H35ClN8O2/c1-23-7-6-10-33(31-15-25(13-14-40-31)35(39-2)32(18-38)43-36(23)47)45-22-41-30(17-34(45)46)29-16-27(37)11-12-28(29)26-19-42-44(21-26)20-24-8-4-3-5-9-24/h3-5,8-9,11-19,21-23,33H,6-7,10,20,38H2,1-2H3,(H,43,47). The summed E-state index contributed by atoms with van der Waals surface area (Å²) >= 11 is 6.46. The van der Waals surface area contributed by atoms with E-state index in [1.165, 1.54) is 12.3 Å². The lowest BCUT2D eigenvalue weighted by atomic mass is 9.96. The number of benzene rings is 2. The maximum Gasteiger partial charge on any atom is 0.254 e. The highest BCUT2D eigenvalue weighted by atomic mass is 35.5. The van der Waals surface area contributed by atoms with E-state index in [0.29, 0.717) is 53.6 Å². The number of aromatic nitrogens is 5. The van der Waals surface area contributed by atoms with E-state index in [9.17, 15) is 9.59 Å². The molecule has 3 N–H and O–H groups in total. The summed E-state index contributed by atoms with van der Waals surface area (Å²) in [5, 5.41) is 8.02. The van der Waals surface area contributed by atoms with Crippen LogP contribution >= 0.6 is 11.6 Å². The van der Waals surface area contributed by atoms with Crippen molar-refractivity contribution in [1.82, 2.24) is 29.6 Å². The number of allylic oxidation sites excluding steroid dienone is 1. The number of nitrogens with zero attached hydrogens (tertiary/aromatic N) is 6. The van der Waals surface area contributed by atoms with Crippen LogP contribution in [0.4, 0.5) is 0 Å². The van der Waals surface area contributed by atoms with E-state index >= 15 is 0 Å². The number of nitrogens with one attached hydrogen (secondary N) is 1. The van der Waals surface area contributed by atoms with Crippen LogP contribution in [0.5, 0.6) is 0 Å². The molecule has 2 bridgehead atoms. The Balaban J connectivity index is 1.37.